The molecule has 1 aromatic heterocycles. The van der Waals surface area contributed by atoms with Gasteiger partial charge in [0.15, 0.2) is 0 Å². The highest BCUT2D eigenvalue weighted by Crippen LogP contribution is 2.20. The summed E-state index contributed by atoms with van der Waals surface area (Å²) < 4.78 is 1.99. The lowest BCUT2D eigenvalue weighted by Gasteiger charge is -2.23. The molecule has 0 unspecified atom stereocenters. The van der Waals surface area contributed by atoms with E-state index in [0.29, 0.717) is 12.6 Å². The summed E-state index contributed by atoms with van der Waals surface area (Å²) in [6.07, 6.45) is 8.66. The Kier molecular flexibility index (Phi) is 7.26. The number of hydrogen-bond acceptors (Lipinski definition) is 3. The Hall–Kier alpha value is -2.14. The van der Waals surface area contributed by atoms with Gasteiger partial charge in [0.2, 0.25) is 5.91 Å². The molecule has 0 saturated heterocycles. The summed E-state index contributed by atoms with van der Waals surface area (Å²) in [5.74, 6) is 0.138. The lowest BCUT2D eigenvalue weighted by Crippen LogP contribution is -2.41. The Bertz CT molecular complexity index is 760. The molecule has 1 N–H and O–H groups in total. The third kappa shape index (κ3) is 5.44. The Morgan fingerprint density at radius 1 is 1.11 bits per heavy atom. The van der Waals surface area contributed by atoms with Crippen molar-refractivity contribution in [3.63, 3.8) is 0 Å². The second-order valence-electron chi connectivity index (χ2n) is 8.18. The summed E-state index contributed by atoms with van der Waals surface area (Å²) in [7, 11) is 2.01. The quantitative estimate of drug-likeness (QED) is 0.816. The van der Waals surface area contributed by atoms with E-state index in [-0.39, 0.29) is 5.91 Å². The van der Waals surface area contributed by atoms with Crippen LogP contribution in [0.3, 0.4) is 0 Å². The predicted octanol–water partition coefficient (Wildman–Crippen LogP) is 4.15. The van der Waals surface area contributed by atoms with Crippen molar-refractivity contribution in [1.82, 2.24) is 20.0 Å². The van der Waals surface area contributed by atoms with Crippen LogP contribution in [0.2, 0.25) is 0 Å². The summed E-state index contributed by atoms with van der Waals surface area (Å²) in [5.41, 5.74) is 4.42. The number of hydrogen-bond donors (Lipinski definition) is 1. The van der Waals surface area contributed by atoms with Crippen LogP contribution in [-0.4, -0.2) is 40.2 Å². The first kappa shape index (κ1) is 20.6. The maximum Gasteiger partial charge on any atom is 0.234 e. The molecule has 3 rings (SSSR count). The molecule has 1 saturated carbocycles. The molecule has 5 heteroatoms. The maximum atomic E-state index is 12.5. The molecule has 152 valence electrons. The zero-order valence-corrected chi connectivity index (χ0v) is 17.6. The fourth-order valence-electron chi connectivity index (χ4n) is 4.17. The van der Waals surface area contributed by atoms with E-state index in [0.717, 1.165) is 36.5 Å². The first-order valence-electron chi connectivity index (χ1n) is 10.6. The van der Waals surface area contributed by atoms with Gasteiger partial charge in [0, 0.05) is 23.8 Å². The van der Waals surface area contributed by atoms with Crippen LogP contribution >= 0.6 is 0 Å². The normalized spacial score (nSPS) is 16.0. The lowest BCUT2D eigenvalue weighted by atomic mass is 9.97. The van der Waals surface area contributed by atoms with Gasteiger partial charge in [-0.2, -0.15) is 5.10 Å². The fourth-order valence-corrected chi connectivity index (χ4v) is 4.17. The minimum absolute atomic E-state index is 0.138. The van der Waals surface area contributed by atoms with Gasteiger partial charge < -0.3 is 5.32 Å². The molecule has 2 aromatic rings. The van der Waals surface area contributed by atoms with Crippen molar-refractivity contribution in [2.24, 2.45) is 0 Å². The molecule has 1 aliphatic rings. The van der Waals surface area contributed by atoms with Crippen LogP contribution in [0, 0.1) is 13.8 Å². The third-order valence-electron chi connectivity index (χ3n) is 5.75. The average molecular weight is 383 g/mol. The number of carbonyl (C=O) groups is 1. The minimum atomic E-state index is 0.138. The van der Waals surface area contributed by atoms with Crippen molar-refractivity contribution < 1.29 is 4.79 Å². The fraction of sp³-hybridized carbons (Fsp3) is 0.565. The number of carbonyl (C=O) groups excluding carboxylic acids is 1. The molecule has 0 bridgehead atoms. The van der Waals surface area contributed by atoms with E-state index in [9.17, 15) is 4.79 Å². The first-order chi connectivity index (χ1) is 13.5. The van der Waals surface area contributed by atoms with Gasteiger partial charge in [-0.15, -0.1) is 0 Å². The monoisotopic (exact) mass is 382 g/mol. The number of aromatic nitrogens is 2. The third-order valence-corrected chi connectivity index (χ3v) is 5.75. The molecule has 1 amide bonds. The van der Waals surface area contributed by atoms with Gasteiger partial charge in [0.25, 0.3) is 0 Å². The van der Waals surface area contributed by atoms with Crippen LogP contribution in [0.4, 0.5) is 0 Å². The van der Waals surface area contributed by atoms with E-state index in [1.807, 2.05) is 36.9 Å². The largest absolute Gasteiger partial charge is 0.352 e. The van der Waals surface area contributed by atoms with Crippen molar-refractivity contribution in [2.45, 2.75) is 71.4 Å². The highest BCUT2D eigenvalue weighted by Gasteiger charge is 2.18. The van der Waals surface area contributed by atoms with Crippen LogP contribution in [0.5, 0.6) is 0 Å². The number of likely N-dealkylation sites (N-methyl/N-ethyl adjacent to an activating group) is 1. The number of nitrogens with one attached hydrogen (secondary N) is 1. The molecule has 0 aliphatic heterocycles. The second-order valence-corrected chi connectivity index (χ2v) is 8.18. The van der Waals surface area contributed by atoms with Crippen LogP contribution in [-0.2, 0) is 11.3 Å². The van der Waals surface area contributed by atoms with Crippen LogP contribution in [0.25, 0.3) is 5.69 Å². The molecule has 1 aromatic carbocycles. The van der Waals surface area contributed by atoms with E-state index in [4.69, 9.17) is 5.10 Å². The number of benzene rings is 1. The number of aryl methyl sites for hydroxylation is 1. The Morgan fingerprint density at radius 3 is 2.43 bits per heavy atom. The number of rotatable bonds is 6. The van der Waals surface area contributed by atoms with Crippen LogP contribution < -0.4 is 5.32 Å². The van der Waals surface area contributed by atoms with E-state index in [2.05, 4.69) is 29.3 Å². The molecule has 0 radical (unpaired) electrons. The van der Waals surface area contributed by atoms with Gasteiger partial charge in [-0.25, -0.2) is 4.68 Å². The minimum Gasteiger partial charge on any atom is -0.352 e. The molecule has 1 fully saturated rings. The molecular weight excluding hydrogens is 348 g/mol. The van der Waals surface area contributed by atoms with E-state index in [1.54, 1.807) is 0 Å². The van der Waals surface area contributed by atoms with E-state index < -0.39 is 0 Å². The van der Waals surface area contributed by atoms with E-state index >= 15 is 0 Å². The second kappa shape index (κ2) is 9.87. The highest BCUT2D eigenvalue weighted by atomic mass is 16.2. The smallest absolute Gasteiger partial charge is 0.234 e. The lowest BCUT2D eigenvalue weighted by molar-refractivity contribution is -0.122. The summed E-state index contributed by atoms with van der Waals surface area (Å²) in [5, 5.41) is 7.98. The Balaban J connectivity index is 1.58. The zero-order chi connectivity index (χ0) is 19.9. The SMILES string of the molecule is Cc1nn(-c2ccccc2)c(C)c1CN(C)CC(=O)NC1CCCCCCC1. The first-order valence-corrected chi connectivity index (χ1v) is 10.6. The summed E-state index contributed by atoms with van der Waals surface area (Å²) in [6, 6.07) is 10.5. The van der Waals surface area contributed by atoms with Crippen LogP contribution in [0.1, 0.15) is 61.9 Å². The van der Waals surface area contributed by atoms with Gasteiger partial charge in [-0.1, -0.05) is 50.3 Å². The van der Waals surface area contributed by atoms with E-state index in [1.165, 1.54) is 37.7 Å². The molecule has 1 aliphatic carbocycles. The van der Waals surface area contributed by atoms with Crippen LogP contribution in [0.15, 0.2) is 30.3 Å². The molecular formula is C23H34N4O. The van der Waals surface area contributed by atoms with Crippen molar-refractivity contribution in [3.8, 4) is 5.69 Å². The molecule has 5 nitrogen and oxygen atoms in total. The summed E-state index contributed by atoms with van der Waals surface area (Å²) in [4.78, 5) is 14.6. The van der Waals surface area contributed by atoms with Crippen molar-refractivity contribution >= 4 is 5.91 Å². The summed E-state index contributed by atoms with van der Waals surface area (Å²) >= 11 is 0. The number of para-hydroxylation sites is 1. The van der Waals surface area contributed by atoms with Gasteiger partial charge >= 0.3 is 0 Å². The molecule has 1 heterocycles. The van der Waals surface area contributed by atoms with Crippen molar-refractivity contribution in [3.05, 3.63) is 47.3 Å². The molecule has 0 atom stereocenters. The number of nitrogens with zero attached hydrogens (tertiary/aromatic N) is 3. The highest BCUT2D eigenvalue weighted by molar-refractivity contribution is 5.78. The van der Waals surface area contributed by atoms with Gasteiger partial charge in [-0.05, 0) is 45.9 Å². The standard InChI is InChI=1S/C23H34N4O/c1-18-22(19(2)27(25-18)21-14-10-7-11-15-21)16-26(3)17-23(28)24-20-12-8-5-4-6-9-13-20/h7,10-11,14-15,20H,4-6,8-9,12-13,16-17H2,1-3H3,(H,24,28). The Morgan fingerprint density at radius 2 is 1.75 bits per heavy atom. The summed E-state index contributed by atoms with van der Waals surface area (Å²) in [6.45, 7) is 5.30. The topological polar surface area (TPSA) is 50.2 Å². The average Bonchev–Trinajstić information content (AvgIpc) is 2.92. The van der Waals surface area contributed by atoms with Gasteiger partial charge in [0.1, 0.15) is 0 Å². The maximum absolute atomic E-state index is 12.5. The zero-order valence-electron chi connectivity index (χ0n) is 17.6. The van der Waals surface area contributed by atoms with Gasteiger partial charge in [0.05, 0.1) is 17.9 Å². The molecule has 28 heavy (non-hydrogen) atoms. The van der Waals surface area contributed by atoms with Crippen molar-refractivity contribution in [1.29, 1.82) is 0 Å². The Labute approximate surface area is 169 Å². The van der Waals surface area contributed by atoms with Crippen molar-refractivity contribution in [2.75, 3.05) is 13.6 Å². The molecule has 0 spiro atoms. The predicted molar refractivity (Wildman–Crippen MR) is 114 cm³/mol. The van der Waals surface area contributed by atoms with Gasteiger partial charge in [-0.3, -0.25) is 9.69 Å². The number of amides is 1.